The summed E-state index contributed by atoms with van der Waals surface area (Å²) < 4.78 is 49.7. The van der Waals surface area contributed by atoms with E-state index in [9.17, 15) is 22.8 Å². The van der Waals surface area contributed by atoms with Crippen molar-refractivity contribution in [2.45, 2.75) is 13.3 Å². The number of hydrogen-bond acceptors (Lipinski definition) is 5. The highest BCUT2D eigenvalue weighted by molar-refractivity contribution is 5.93. The lowest BCUT2D eigenvalue weighted by molar-refractivity contribution is -0.274. The van der Waals surface area contributed by atoms with Crippen LogP contribution in [0, 0.1) is 0 Å². The lowest BCUT2D eigenvalue weighted by Gasteiger charge is -2.09. The predicted octanol–water partition coefficient (Wildman–Crippen LogP) is 2.87. The van der Waals surface area contributed by atoms with Gasteiger partial charge in [-0.2, -0.15) is 0 Å². The Morgan fingerprint density at radius 3 is 2.62 bits per heavy atom. The van der Waals surface area contributed by atoms with Gasteiger partial charge < -0.3 is 13.9 Å². The van der Waals surface area contributed by atoms with Crippen LogP contribution in [0.15, 0.2) is 33.5 Å². The molecule has 0 aliphatic heterocycles. The summed E-state index contributed by atoms with van der Waals surface area (Å²) in [6.07, 6.45) is -4.84. The number of alkyl halides is 3. The molecule has 112 valence electrons. The minimum Gasteiger partial charge on any atom is -0.462 e. The average molecular weight is 302 g/mol. The van der Waals surface area contributed by atoms with Crippen molar-refractivity contribution in [1.29, 1.82) is 0 Å². The smallest absolute Gasteiger partial charge is 0.462 e. The standard InChI is InChI=1S/C13H9F3O5/c1-2-19-11(17)9-6-7-5-8(21-13(14,15)16)3-4-10(7)20-12(9)18/h3-6H,2H2,1H3. The van der Waals surface area contributed by atoms with Crippen molar-refractivity contribution in [3.63, 3.8) is 0 Å². The summed E-state index contributed by atoms with van der Waals surface area (Å²) in [5, 5.41) is 0.111. The molecular formula is C13H9F3O5. The predicted molar refractivity (Wildman–Crippen MR) is 65.1 cm³/mol. The summed E-state index contributed by atoms with van der Waals surface area (Å²) in [6, 6.07) is 4.26. The third kappa shape index (κ3) is 3.53. The van der Waals surface area contributed by atoms with Crippen LogP contribution in [-0.2, 0) is 4.74 Å². The van der Waals surface area contributed by atoms with E-state index in [-0.39, 0.29) is 17.6 Å². The van der Waals surface area contributed by atoms with Gasteiger partial charge in [0.1, 0.15) is 16.9 Å². The van der Waals surface area contributed by atoms with Crippen molar-refractivity contribution in [1.82, 2.24) is 0 Å². The van der Waals surface area contributed by atoms with Crippen molar-refractivity contribution in [2.24, 2.45) is 0 Å². The van der Waals surface area contributed by atoms with Gasteiger partial charge in [-0.25, -0.2) is 9.59 Å². The molecule has 0 aliphatic rings. The maximum Gasteiger partial charge on any atom is 0.573 e. The van der Waals surface area contributed by atoms with Crippen LogP contribution in [0.4, 0.5) is 13.2 Å². The van der Waals surface area contributed by atoms with Crippen LogP contribution >= 0.6 is 0 Å². The van der Waals surface area contributed by atoms with Gasteiger partial charge in [0.15, 0.2) is 0 Å². The minimum absolute atomic E-state index is 0.0302. The van der Waals surface area contributed by atoms with Crippen LogP contribution in [-0.4, -0.2) is 18.9 Å². The third-order valence-corrected chi connectivity index (χ3v) is 2.43. The van der Waals surface area contributed by atoms with E-state index in [2.05, 4.69) is 9.47 Å². The normalized spacial score (nSPS) is 11.4. The lowest BCUT2D eigenvalue weighted by atomic mass is 10.2. The zero-order valence-corrected chi connectivity index (χ0v) is 10.7. The largest absolute Gasteiger partial charge is 0.573 e. The van der Waals surface area contributed by atoms with E-state index in [4.69, 9.17) is 4.42 Å². The Labute approximate surface area is 115 Å². The van der Waals surface area contributed by atoms with Gasteiger partial charge in [0.25, 0.3) is 0 Å². The van der Waals surface area contributed by atoms with Crippen molar-refractivity contribution in [3.8, 4) is 5.75 Å². The first-order valence-electron chi connectivity index (χ1n) is 5.81. The highest BCUT2D eigenvalue weighted by Gasteiger charge is 2.31. The van der Waals surface area contributed by atoms with E-state index in [0.717, 1.165) is 24.3 Å². The number of ether oxygens (including phenoxy) is 2. The van der Waals surface area contributed by atoms with Gasteiger partial charge in [-0.05, 0) is 31.2 Å². The Morgan fingerprint density at radius 2 is 2.00 bits per heavy atom. The molecule has 0 bridgehead atoms. The Morgan fingerprint density at radius 1 is 1.29 bits per heavy atom. The van der Waals surface area contributed by atoms with Crippen molar-refractivity contribution < 1.29 is 31.9 Å². The molecular weight excluding hydrogens is 293 g/mol. The van der Waals surface area contributed by atoms with Crippen LogP contribution < -0.4 is 10.4 Å². The fraction of sp³-hybridized carbons (Fsp3) is 0.231. The molecule has 0 unspecified atom stereocenters. The van der Waals surface area contributed by atoms with Crippen LogP contribution in [0.2, 0.25) is 0 Å². The summed E-state index contributed by atoms with van der Waals surface area (Å²) in [7, 11) is 0. The molecule has 0 atom stereocenters. The molecule has 0 aliphatic carbocycles. The maximum absolute atomic E-state index is 12.1. The molecule has 2 rings (SSSR count). The number of carbonyl (C=O) groups is 1. The minimum atomic E-state index is -4.84. The Bertz CT molecular complexity index is 733. The highest BCUT2D eigenvalue weighted by Crippen LogP contribution is 2.26. The SMILES string of the molecule is CCOC(=O)c1cc2cc(OC(F)(F)F)ccc2oc1=O. The first kappa shape index (κ1) is 14.9. The third-order valence-electron chi connectivity index (χ3n) is 2.43. The molecule has 1 aromatic carbocycles. The van der Waals surface area contributed by atoms with E-state index in [1.54, 1.807) is 6.92 Å². The van der Waals surface area contributed by atoms with Gasteiger partial charge in [-0.3, -0.25) is 0 Å². The molecule has 21 heavy (non-hydrogen) atoms. The zero-order chi connectivity index (χ0) is 15.6. The summed E-state index contributed by atoms with van der Waals surface area (Å²) in [6.45, 7) is 1.60. The molecule has 0 fully saturated rings. The monoisotopic (exact) mass is 302 g/mol. The van der Waals surface area contributed by atoms with Crippen molar-refractivity contribution in [3.05, 3.63) is 40.2 Å². The van der Waals surface area contributed by atoms with Gasteiger partial charge in [0.05, 0.1) is 6.61 Å². The van der Waals surface area contributed by atoms with Crippen molar-refractivity contribution >= 4 is 16.9 Å². The zero-order valence-electron chi connectivity index (χ0n) is 10.7. The first-order chi connectivity index (χ1) is 9.80. The Kier molecular flexibility index (Phi) is 3.88. The molecule has 1 aromatic heterocycles. The fourth-order valence-corrected chi connectivity index (χ4v) is 1.65. The number of fused-ring (bicyclic) bond motifs is 1. The molecule has 5 nitrogen and oxygen atoms in total. The maximum atomic E-state index is 12.1. The molecule has 8 heteroatoms. The average Bonchev–Trinajstić information content (AvgIpc) is 2.36. The molecule has 0 spiro atoms. The second-order valence-electron chi connectivity index (χ2n) is 3.92. The number of hydrogen-bond donors (Lipinski definition) is 0. The molecule has 0 saturated carbocycles. The van der Waals surface area contributed by atoms with Crippen LogP contribution in [0.3, 0.4) is 0 Å². The first-order valence-corrected chi connectivity index (χ1v) is 5.81. The number of carbonyl (C=O) groups excluding carboxylic acids is 1. The lowest BCUT2D eigenvalue weighted by Crippen LogP contribution is -2.17. The molecule has 1 heterocycles. The number of esters is 1. The molecule has 0 amide bonds. The quantitative estimate of drug-likeness (QED) is 0.644. The Hall–Kier alpha value is -2.51. The fourth-order valence-electron chi connectivity index (χ4n) is 1.65. The second kappa shape index (κ2) is 5.47. The number of benzene rings is 1. The van der Waals surface area contributed by atoms with E-state index in [1.165, 1.54) is 0 Å². The summed E-state index contributed by atoms with van der Waals surface area (Å²) in [4.78, 5) is 23.1. The molecule has 2 aromatic rings. The molecule has 0 N–H and O–H groups in total. The number of rotatable bonds is 3. The second-order valence-corrected chi connectivity index (χ2v) is 3.92. The van der Waals surface area contributed by atoms with E-state index in [0.29, 0.717) is 0 Å². The topological polar surface area (TPSA) is 65.7 Å². The van der Waals surface area contributed by atoms with Gasteiger partial charge in [-0.15, -0.1) is 13.2 Å². The van der Waals surface area contributed by atoms with E-state index >= 15 is 0 Å². The Balaban J connectivity index is 2.48. The van der Waals surface area contributed by atoms with E-state index < -0.39 is 29.3 Å². The highest BCUT2D eigenvalue weighted by atomic mass is 19.4. The van der Waals surface area contributed by atoms with Crippen LogP contribution in [0.25, 0.3) is 11.0 Å². The summed E-state index contributed by atoms with van der Waals surface area (Å²) in [5.41, 5.74) is -1.29. The van der Waals surface area contributed by atoms with Gasteiger partial charge in [0, 0.05) is 5.39 Å². The molecule has 0 radical (unpaired) electrons. The summed E-state index contributed by atoms with van der Waals surface area (Å²) in [5.74, 6) is -1.39. The van der Waals surface area contributed by atoms with Crippen molar-refractivity contribution in [2.75, 3.05) is 6.61 Å². The van der Waals surface area contributed by atoms with Crippen LogP contribution in [0.1, 0.15) is 17.3 Å². The summed E-state index contributed by atoms with van der Waals surface area (Å²) >= 11 is 0. The van der Waals surface area contributed by atoms with Gasteiger partial charge in [-0.1, -0.05) is 0 Å². The van der Waals surface area contributed by atoms with Gasteiger partial charge >= 0.3 is 18.0 Å². The van der Waals surface area contributed by atoms with Crippen LogP contribution in [0.5, 0.6) is 5.75 Å². The van der Waals surface area contributed by atoms with E-state index in [1.807, 2.05) is 0 Å². The number of halogens is 3. The molecule has 0 saturated heterocycles. The van der Waals surface area contributed by atoms with Gasteiger partial charge in [0.2, 0.25) is 0 Å².